The van der Waals surface area contributed by atoms with Crippen LogP contribution in [0.3, 0.4) is 0 Å². The van der Waals surface area contributed by atoms with Crippen LogP contribution in [0.2, 0.25) is 0 Å². The van der Waals surface area contributed by atoms with E-state index in [0.29, 0.717) is 24.9 Å². The Labute approximate surface area is 169 Å². The van der Waals surface area contributed by atoms with Crippen molar-refractivity contribution in [1.82, 2.24) is 21.1 Å². The second kappa shape index (κ2) is 10.3. The lowest BCUT2D eigenvalue weighted by atomic mass is 10.0. The molecule has 1 aliphatic heterocycles. The van der Waals surface area contributed by atoms with Crippen LogP contribution >= 0.6 is 0 Å². The molecule has 2 rings (SSSR count). The summed E-state index contributed by atoms with van der Waals surface area (Å²) < 4.78 is 13.6. The summed E-state index contributed by atoms with van der Waals surface area (Å²) in [6.45, 7) is 4.10. The van der Waals surface area contributed by atoms with Crippen molar-refractivity contribution >= 4 is 17.8 Å². The molecule has 2 amide bonds. The Morgan fingerprint density at radius 2 is 2.07 bits per heavy atom. The predicted octanol–water partition coefficient (Wildman–Crippen LogP) is 0.677. The fraction of sp³-hybridized carbons (Fsp3) is 0.550. The maximum absolute atomic E-state index is 13.6. The van der Waals surface area contributed by atoms with Gasteiger partial charge in [-0.2, -0.15) is 0 Å². The van der Waals surface area contributed by atoms with Crippen molar-refractivity contribution in [2.24, 2.45) is 5.92 Å². The number of aliphatic carboxylic acids is 1. The summed E-state index contributed by atoms with van der Waals surface area (Å²) in [5.74, 6) is -2.27. The van der Waals surface area contributed by atoms with E-state index in [9.17, 15) is 23.9 Å². The van der Waals surface area contributed by atoms with E-state index >= 15 is 0 Å². The minimum absolute atomic E-state index is 0.00516. The maximum Gasteiger partial charge on any atom is 0.322 e. The molecular weight excluding hydrogens is 379 g/mol. The average Bonchev–Trinajstić information content (AvgIpc) is 2.67. The van der Waals surface area contributed by atoms with Crippen LogP contribution in [-0.4, -0.2) is 59.6 Å². The third-order valence-electron chi connectivity index (χ3n) is 4.95. The molecule has 0 bridgehead atoms. The molecule has 3 atom stereocenters. The number of benzene rings is 1. The van der Waals surface area contributed by atoms with Crippen molar-refractivity contribution in [2.45, 2.75) is 51.2 Å². The van der Waals surface area contributed by atoms with E-state index in [1.807, 2.05) is 13.8 Å². The third-order valence-corrected chi connectivity index (χ3v) is 4.95. The number of hydrazine groups is 1. The number of carbonyl (C=O) groups excluding carboxylic acids is 2. The Balaban J connectivity index is 2.22. The molecular formula is C20H29FN4O4. The lowest BCUT2D eigenvalue weighted by molar-refractivity contribution is -0.148. The lowest BCUT2D eigenvalue weighted by Crippen LogP contribution is -2.61. The van der Waals surface area contributed by atoms with Gasteiger partial charge in [-0.15, -0.1) is 0 Å². The molecule has 1 aliphatic rings. The van der Waals surface area contributed by atoms with E-state index in [1.54, 1.807) is 13.1 Å². The van der Waals surface area contributed by atoms with Gasteiger partial charge in [-0.05, 0) is 43.5 Å². The summed E-state index contributed by atoms with van der Waals surface area (Å²) in [7, 11) is 1.66. The first kappa shape index (κ1) is 22.8. The molecule has 1 aromatic carbocycles. The number of hydrogen-bond acceptors (Lipinski definition) is 5. The molecule has 1 fully saturated rings. The van der Waals surface area contributed by atoms with Crippen molar-refractivity contribution < 1.29 is 23.9 Å². The van der Waals surface area contributed by atoms with Crippen LogP contribution < -0.4 is 16.1 Å². The van der Waals surface area contributed by atoms with Crippen molar-refractivity contribution in [3.05, 3.63) is 35.6 Å². The molecule has 0 spiro atoms. The average molecular weight is 408 g/mol. The van der Waals surface area contributed by atoms with Gasteiger partial charge in [0.25, 0.3) is 5.91 Å². The van der Waals surface area contributed by atoms with Gasteiger partial charge in [0, 0.05) is 13.0 Å². The van der Waals surface area contributed by atoms with Gasteiger partial charge in [0.05, 0.1) is 6.04 Å². The second-order valence-electron chi connectivity index (χ2n) is 7.56. The SMILES string of the molecule is CNC(C(=O)NC(Cc1cccc(F)c1)C(=O)N1CCCC(C(=O)O)N1)C(C)C. The number of hydrogen-bond donors (Lipinski definition) is 4. The third kappa shape index (κ3) is 6.23. The summed E-state index contributed by atoms with van der Waals surface area (Å²) in [6, 6.07) is 3.51. The number of nitrogens with zero attached hydrogens (tertiary/aromatic N) is 1. The van der Waals surface area contributed by atoms with E-state index in [0.717, 1.165) is 0 Å². The standard InChI is InChI=1S/C20H29FN4O4/c1-12(2)17(22-3)18(26)23-16(11-13-6-4-7-14(21)10-13)19(27)25-9-5-8-15(24-25)20(28)29/h4,6-7,10,12,15-17,22,24H,5,8-9,11H2,1-3H3,(H,23,26)(H,28,29). The molecule has 0 radical (unpaired) electrons. The molecule has 0 aromatic heterocycles. The zero-order chi connectivity index (χ0) is 21.6. The van der Waals surface area contributed by atoms with Gasteiger partial charge in [0.2, 0.25) is 5.91 Å². The monoisotopic (exact) mass is 408 g/mol. The Kier molecular flexibility index (Phi) is 8.10. The highest BCUT2D eigenvalue weighted by molar-refractivity contribution is 5.90. The van der Waals surface area contributed by atoms with E-state index in [2.05, 4.69) is 16.1 Å². The number of nitrogens with one attached hydrogen (secondary N) is 3. The first-order valence-electron chi connectivity index (χ1n) is 9.75. The zero-order valence-corrected chi connectivity index (χ0v) is 16.9. The van der Waals surface area contributed by atoms with E-state index < -0.39 is 35.8 Å². The highest BCUT2D eigenvalue weighted by Crippen LogP contribution is 2.13. The van der Waals surface area contributed by atoms with Crippen molar-refractivity contribution in [3.8, 4) is 0 Å². The highest BCUT2D eigenvalue weighted by Gasteiger charge is 2.33. The first-order valence-corrected chi connectivity index (χ1v) is 9.75. The Morgan fingerprint density at radius 3 is 2.66 bits per heavy atom. The van der Waals surface area contributed by atoms with E-state index in [1.165, 1.54) is 23.2 Å². The molecule has 29 heavy (non-hydrogen) atoms. The van der Waals surface area contributed by atoms with Crippen LogP contribution in [0.4, 0.5) is 4.39 Å². The normalized spacial score (nSPS) is 18.9. The van der Waals surface area contributed by atoms with Crippen LogP contribution in [0.5, 0.6) is 0 Å². The fourth-order valence-electron chi connectivity index (χ4n) is 3.44. The Bertz CT molecular complexity index is 743. The molecule has 0 saturated carbocycles. The smallest absolute Gasteiger partial charge is 0.322 e. The van der Waals surface area contributed by atoms with Gasteiger partial charge in [-0.25, -0.2) is 9.82 Å². The number of rotatable bonds is 8. The number of likely N-dealkylation sites (N-methyl/N-ethyl adjacent to an activating group) is 1. The first-order chi connectivity index (χ1) is 13.7. The Morgan fingerprint density at radius 1 is 1.34 bits per heavy atom. The van der Waals surface area contributed by atoms with Crippen LogP contribution in [0, 0.1) is 11.7 Å². The van der Waals surface area contributed by atoms with Gasteiger partial charge in [0.15, 0.2) is 0 Å². The van der Waals surface area contributed by atoms with Crippen molar-refractivity contribution in [1.29, 1.82) is 0 Å². The molecule has 3 unspecified atom stereocenters. The van der Waals surface area contributed by atoms with Gasteiger partial charge in [0.1, 0.15) is 17.9 Å². The van der Waals surface area contributed by atoms with Crippen molar-refractivity contribution in [2.75, 3.05) is 13.6 Å². The van der Waals surface area contributed by atoms with Gasteiger partial charge in [-0.3, -0.25) is 19.4 Å². The molecule has 9 heteroatoms. The number of carboxylic acid groups (broad SMARTS) is 1. The minimum Gasteiger partial charge on any atom is -0.480 e. The lowest BCUT2D eigenvalue weighted by Gasteiger charge is -2.35. The number of halogens is 1. The molecule has 8 nitrogen and oxygen atoms in total. The van der Waals surface area contributed by atoms with Crippen molar-refractivity contribution in [3.63, 3.8) is 0 Å². The molecule has 1 saturated heterocycles. The van der Waals surface area contributed by atoms with Crippen LogP contribution in [-0.2, 0) is 20.8 Å². The van der Waals surface area contributed by atoms with Gasteiger partial charge in [-0.1, -0.05) is 26.0 Å². The number of amides is 2. The fourth-order valence-corrected chi connectivity index (χ4v) is 3.44. The topological polar surface area (TPSA) is 111 Å². The predicted molar refractivity (Wildman–Crippen MR) is 105 cm³/mol. The molecule has 4 N–H and O–H groups in total. The zero-order valence-electron chi connectivity index (χ0n) is 16.9. The minimum atomic E-state index is -1.04. The number of carboxylic acids is 1. The van der Waals surface area contributed by atoms with Crippen LogP contribution in [0.15, 0.2) is 24.3 Å². The highest BCUT2D eigenvalue weighted by atomic mass is 19.1. The molecule has 0 aliphatic carbocycles. The summed E-state index contributed by atoms with van der Waals surface area (Å²) in [5.41, 5.74) is 3.27. The molecule has 160 valence electrons. The summed E-state index contributed by atoms with van der Waals surface area (Å²) in [6.07, 6.45) is 1.03. The summed E-state index contributed by atoms with van der Waals surface area (Å²) in [5, 5.41) is 16.2. The van der Waals surface area contributed by atoms with Crippen LogP contribution in [0.25, 0.3) is 0 Å². The van der Waals surface area contributed by atoms with E-state index in [-0.39, 0.29) is 18.2 Å². The van der Waals surface area contributed by atoms with E-state index in [4.69, 9.17) is 0 Å². The second-order valence-corrected chi connectivity index (χ2v) is 7.56. The van der Waals surface area contributed by atoms with Gasteiger partial charge >= 0.3 is 5.97 Å². The number of carbonyl (C=O) groups is 3. The largest absolute Gasteiger partial charge is 0.480 e. The molecule has 1 aromatic rings. The van der Waals surface area contributed by atoms with Gasteiger partial charge < -0.3 is 15.7 Å². The Hall–Kier alpha value is -2.52. The molecule has 1 heterocycles. The summed E-state index contributed by atoms with van der Waals surface area (Å²) >= 11 is 0. The summed E-state index contributed by atoms with van der Waals surface area (Å²) in [4.78, 5) is 37.1. The van der Waals surface area contributed by atoms with Crippen LogP contribution in [0.1, 0.15) is 32.3 Å². The quantitative estimate of drug-likeness (QED) is 0.503. The maximum atomic E-state index is 13.6.